The maximum absolute atomic E-state index is 14.2. The number of rotatable bonds is 4. The Balaban J connectivity index is 1.46. The average molecular weight is 442 g/mol. The molecular formula is C25H23FN6O. The lowest BCUT2D eigenvalue weighted by Gasteiger charge is -2.22. The molecule has 5 heterocycles. The summed E-state index contributed by atoms with van der Waals surface area (Å²) in [5.74, 6) is 0.584. The molecule has 1 fully saturated rings. The largest absolute Gasteiger partial charge is 0.497 e. The zero-order valence-electron chi connectivity index (χ0n) is 18.2. The molecule has 0 bridgehead atoms. The van der Waals surface area contributed by atoms with E-state index in [2.05, 4.69) is 36.5 Å². The molecular weight excluding hydrogens is 419 g/mol. The molecule has 0 aliphatic carbocycles. The molecule has 0 amide bonds. The number of piperidine rings is 1. The van der Waals surface area contributed by atoms with Crippen molar-refractivity contribution in [3.8, 4) is 28.3 Å². The molecule has 6 rings (SSSR count). The fourth-order valence-electron chi connectivity index (χ4n) is 4.72. The van der Waals surface area contributed by atoms with E-state index >= 15 is 0 Å². The Morgan fingerprint density at radius 1 is 1.03 bits per heavy atom. The zero-order valence-corrected chi connectivity index (χ0v) is 18.2. The lowest BCUT2D eigenvalue weighted by molar-refractivity contribution is 0.411. The van der Waals surface area contributed by atoms with Gasteiger partial charge in [-0.2, -0.15) is 5.10 Å². The van der Waals surface area contributed by atoms with Gasteiger partial charge in [-0.05, 0) is 67.4 Å². The number of pyridine rings is 2. The van der Waals surface area contributed by atoms with Gasteiger partial charge < -0.3 is 15.0 Å². The summed E-state index contributed by atoms with van der Waals surface area (Å²) in [6, 6.07) is 10.8. The Morgan fingerprint density at radius 2 is 1.91 bits per heavy atom. The number of nitrogens with zero attached hydrogens (tertiary/aromatic N) is 3. The summed E-state index contributed by atoms with van der Waals surface area (Å²) in [4.78, 5) is 12.6. The lowest BCUT2D eigenvalue weighted by atomic mass is 9.93. The molecule has 0 saturated carbocycles. The second-order valence-electron chi connectivity index (χ2n) is 8.43. The smallest absolute Gasteiger partial charge is 0.138 e. The van der Waals surface area contributed by atoms with Crippen molar-refractivity contribution in [2.45, 2.75) is 18.8 Å². The molecule has 4 aromatic heterocycles. The normalized spacial score (nSPS) is 14.8. The van der Waals surface area contributed by atoms with E-state index in [-0.39, 0.29) is 5.82 Å². The third-order valence-corrected chi connectivity index (χ3v) is 6.43. The summed E-state index contributed by atoms with van der Waals surface area (Å²) in [6.45, 7) is 2.04. The summed E-state index contributed by atoms with van der Waals surface area (Å²) in [6.07, 6.45) is 5.76. The van der Waals surface area contributed by atoms with Crippen molar-refractivity contribution >= 4 is 21.9 Å². The minimum atomic E-state index is -0.346. The number of aromatic amines is 2. The van der Waals surface area contributed by atoms with Crippen LogP contribution in [0.1, 0.15) is 24.5 Å². The fraction of sp³-hybridized carbons (Fsp3) is 0.240. The summed E-state index contributed by atoms with van der Waals surface area (Å²) < 4.78 is 19.4. The molecule has 0 atom stereocenters. The lowest BCUT2D eigenvalue weighted by Crippen LogP contribution is -2.27. The molecule has 1 saturated heterocycles. The number of hydrogen-bond acceptors (Lipinski definition) is 5. The minimum Gasteiger partial charge on any atom is -0.497 e. The summed E-state index contributed by atoms with van der Waals surface area (Å²) in [5.41, 5.74) is 5.99. The topological polar surface area (TPSA) is 91.5 Å². The van der Waals surface area contributed by atoms with E-state index in [0.717, 1.165) is 76.1 Å². The summed E-state index contributed by atoms with van der Waals surface area (Å²) >= 11 is 0. The number of ether oxygens (including phenoxy) is 1. The van der Waals surface area contributed by atoms with Crippen LogP contribution in [-0.4, -0.2) is 45.3 Å². The number of methoxy groups -OCH3 is 1. The van der Waals surface area contributed by atoms with E-state index in [1.807, 2.05) is 24.4 Å². The summed E-state index contributed by atoms with van der Waals surface area (Å²) in [7, 11) is 1.53. The van der Waals surface area contributed by atoms with Crippen LogP contribution in [0.25, 0.3) is 44.5 Å². The first-order valence-corrected chi connectivity index (χ1v) is 11.1. The zero-order chi connectivity index (χ0) is 22.4. The van der Waals surface area contributed by atoms with Gasteiger partial charge in [-0.15, -0.1) is 0 Å². The van der Waals surface area contributed by atoms with E-state index in [1.165, 1.54) is 19.2 Å². The van der Waals surface area contributed by atoms with Crippen LogP contribution in [0.3, 0.4) is 0 Å². The van der Waals surface area contributed by atoms with Crippen LogP contribution in [0, 0.1) is 5.82 Å². The molecule has 3 N–H and O–H groups in total. The number of nitrogens with one attached hydrogen (secondary N) is 3. The van der Waals surface area contributed by atoms with Crippen LogP contribution in [-0.2, 0) is 0 Å². The van der Waals surface area contributed by atoms with E-state index in [0.29, 0.717) is 11.7 Å². The average Bonchev–Trinajstić information content (AvgIpc) is 3.47. The predicted molar refractivity (Wildman–Crippen MR) is 126 cm³/mol. The van der Waals surface area contributed by atoms with Crippen LogP contribution >= 0.6 is 0 Å². The number of benzene rings is 1. The maximum atomic E-state index is 14.2. The number of H-pyrrole nitrogens is 2. The van der Waals surface area contributed by atoms with Gasteiger partial charge in [0.15, 0.2) is 0 Å². The van der Waals surface area contributed by atoms with Crippen LogP contribution < -0.4 is 10.1 Å². The van der Waals surface area contributed by atoms with Crippen molar-refractivity contribution in [2.24, 2.45) is 0 Å². The third-order valence-electron chi connectivity index (χ3n) is 6.43. The molecule has 1 aliphatic rings. The molecule has 8 heteroatoms. The third kappa shape index (κ3) is 3.52. The Labute approximate surface area is 189 Å². The van der Waals surface area contributed by atoms with Crippen LogP contribution in [0.15, 0.2) is 48.8 Å². The van der Waals surface area contributed by atoms with Gasteiger partial charge in [0.05, 0.1) is 24.5 Å². The second kappa shape index (κ2) is 7.97. The molecule has 0 radical (unpaired) electrons. The minimum absolute atomic E-state index is 0.346. The van der Waals surface area contributed by atoms with Gasteiger partial charge >= 0.3 is 0 Å². The van der Waals surface area contributed by atoms with Gasteiger partial charge in [0, 0.05) is 34.6 Å². The Kier molecular flexibility index (Phi) is 4.80. The molecule has 166 valence electrons. The Morgan fingerprint density at radius 3 is 2.76 bits per heavy atom. The maximum Gasteiger partial charge on any atom is 0.138 e. The van der Waals surface area contributed by atoms with Crippen LogP contribution in [0.2, 0.25) is 0 Å². The van der Waals surface area contributed by atoms with Gasteiger partial charge in [-0.3, -0.25) is 10.1 Å². The van der Waals surface area contributed by atoms with Crippen molar-refractivity contribution in [3.05, 3.63) is 60.3 Å². The van der Waals surface area contributed by atoms with Crippen LogP contribution in [0.4, 0.5) is 4.39 Å². The highest BCUT2D eigenvalue weighted by Crippen LogP contribution is 2.35. The number of fused-ring (bicyclic) bond motifs is 2. The van der Waals surface area contributed by atoms with Gasteiger partial charge in [0.2, 0.25) is 0 Å². The van der Waals surface area contributed by atoms with E-state index in [4.69, 9.17) is 4.74 Å². The van der Waals surface area contributed by atoms with Gasteiger partial charge in [-0.25, -0.2) is 9.37 Å². The monoisotopic (exact) mass is 442 g/mol. The standard InChI is InChI=1S/C25H23FN6O/c1-33-17-9-15(8-16(26)10-17)18-4-7-28-25-19(18)11-22(30-25)24-20-12-21(14-2-5-27-6-3-14)29-13-23(20)31-32-24/h4,7-14,27H,2-3,5-6H2,1H3,(H,28,30)(H,31,32). The first kappa shape index (κ1) is 19.9. The first-order chi connectivity index (χ1) is 16.2. The quantitative estimate of drug-likeness (QED) is 0.373. The second-order valence-corrected chi connectivity index (χ2v) is 8.43. The number of hydrogen-bond donors (Lipinski definition) is 3. The highest BCUT2D eigenvalue weighted by atomic mass is 19.1. The number of halogens is 1. The fourth-order valence-corrected chi connectivity index (χ4v) is 4.72. The molecule has 1 aliphatic heterocycles. The molecule has 33 heavy (non-hydrogen) atoms. The molecule has 0 spiro atoms. The molecule has 5 aromatic rings. The van der Waals surface area contributed by atoms with E-state index < -0.39 is 0 Å². The molecule has 7 nitrogen and oxygen atoms in total. The summed E-state index contributed by atoms with van der Waals surface area (Å²) in [5, 5.41) is 13.0. The van der Waals surface area contributed by atoms with Crippen molar-refractivity contribution in [1.29, 1.82) is 0 Å². The van der Waals surface area contributed by atoms with Crippen molar-refractivity contribution in [3.63, 3.8) is 0 Å². The molecule has 0 unspecified atom stereocenters. The van der Waals surface area contributed by atoms with Gasteiger partial charge in [0.1, 0.15) is 22.9 Å². The SMILES string of the molecule is COc1cc(F)cc(-c2ccnc3[nH]c(-c4n[nH]c5cnc(C6CCNCC6)cc45)cc23)c1. The van der Waals surface area contributed by atoms with Crippen molar-refractivity contribution in [1.82, 2.24) is 30.5 Å². The predicted octanol–water partition coefficient (Wildman–Crippen LogP) is 4.78. The van der Waals surface area contributed by atoms with Gasteiger partial charge in [0.25, 0.3) is 0 Å². The highest BCUT2D eigenvalue weighted by molar-refractivity contribution is 5.99. The van der Waals surface area contributed by atoms with E-state index in [9.17, 15) is 4.39 Å². The van der Waals surface area contributed by atoms with E-state index in [1.54, 1.807) is 6.20 Å². The van der Waals surface area contributed by atoms with Crippen molar-refractivity contribution < 1.29 is 9.13 Å². The first-order valence-electron chi connectivity index (χ1n) is 11.1. The number of aromatic nitrogens is 5. The Hall–Kier alpha value is -3.78. The van der Waals surface area contributed by atoms with Gasteiger partial charge in [-0.1, -0.05) is 0 Å². The Bertz CT molecular complexity index is 1470. The molecule has 1 aromatic carbocycles. The van der Waals surface area contributed by atoms with Crippen LogP contribution in [0.5, 0.6) is 5.75 Å². The van der Waals surface area contributed by atoms with Crippen molar-refractivity contribution in [2.75, 3.05) is 20.2 Å². The highest BCUT2D eigenvalue weighted by Gasteiger charge is 2.20.